The van der Waals surface area contributed by atoms with Crippen molar-refractivity contribution in [3.05, 3.63) is 64.4 Å². The van der Waals surface area contributed by atoms with Crippen LogP contribution in [0.4, 0.5) is 5.69 Å². The lowest BCUT2D eigenvalue weighted by Gasteiger charge is -2.36. The van der Waals surface area contributed by atoms with Gasteiger partial charge in [0.1, 0.15) is 0 Å². The molecule has 0 aliphatic carbocycles. The predicted molar refractivity (Wildman–Crippen MR) is 123 cm³/mol. The maximum atomic E-state index is 12.8. The Kier molecular flexibility index (Phi) is 6.39. The normalized spacial score (nSPS) is 14.2. The van der Waals surface area contributed by atoms with Crippen LogP contribution in [0.5, 0.6) is 0 Å². The minimum Gasteiger partial charge on any atom is -0.368 e. The van der Waals surface area contributed by atoms with Crippen molar-refractivity contribution in [3.63, 3.8) is 0 Å². The van der Waals surface area contributed by atoms with Crippen LogP contribution < -0.4 is 10.5 Å². The van der Waals surface area contributed by atoms with Crippen LogP contribution in [0.25, 0.3) is 11.4 Å². The monoisotopic (exact) mass is 435 g/mol. The molecule has 4 rings (SSSR count). The van der Waals surface area contributed by atoms with E-state index >= 15 is 0 Å². The van der Waals surface area contributed by atoms with E-state index in [1.807, 2.05) is 49.9 Å². The molecule has 3 aromatic rings. The van der Waals surface area contributed by atoms with Gasteiger partial charge < -0.3 is 18.9 Å². The summed E-state index contributed by atoms with van der Waals surface area (Å²) in [7, 11) is 0. The second-order valence-corrected chi connectivity index (χ2v) is 8.37. The van der Waals surface area contributed by atoms with Crippen molar-refractivity contribution in [1.29, 1.82) is 0 Å². The quantitative estimate of drug-likeness (QED) is 0.592. The SMILES string of the molecule is Cc1ccc(-c2noc(CCC(=O)N3CCN(c4ccccc4)CC3)n2)c(=O)n1C(C)C. The molecule has 1 aromatic carbocycles. The molecule has 0 bridgehead atoms. The second kappa shape index (κ2) is 9.38. The van der Waals surface area contributed by atoms with Crippen molar-refractivity contribution in [2.24, 2.45) is 0 Å². The Morgan fingerprint density at radius 3 is 2.47 bits per heavy atom. The van der Waals surface area contributed by atoms with Gasteiger partial charge in [-0.05, 0) is 45.0 Å². The lowest BCUT2D eigenvalue weighted by Crippen LogP contribution is -2.48. The number of hydrogen-bond donors (Lipinski definition) is 0. The lowest BCUT2D eigenvalue weighted by molar-refractivity contribution is -0.131. The van der Waals surface area contributed by atoms with Gasteiger partial charge in [-0.2, -0.15) is 4.98 Å². The van der Waals surface area contributed by atoms with E-state index in [1.54, 1.807) is 10.6 Å². The van der Waals surface area contributed by atoms with Gasteiger partial charge in [-0.15, -0.1) is 0 Å². The number of piperazine rings is 1. The van der Waals surface area contributed by atoms with E-state index in [1.165, 1.54) is 5.69 Å². The van der Waals surface area contributed by atoms with Crippen LogP contribution >= 0.6 is 0 Å². The minimum absolute atomic E-state index is 0.0359. The molecule has 0 unspecified atom stereocenters. The Bertz CT molecular complexity index is 1130. The Hall–Kier alpha value is -3.42. The second-order valence-electron chi connectivity index (χ2n) is 8.37. The highest BCUT2D eigenvalue weighted by atomic mass is 16.5. The summed E-state index contributed by atoms with van der Waals surface area (Å²) < 4.78 is 7.04. The fourth-order valence-corrected chi connectivity index (χ4v) is 4.15. The maximum Gasteiger partial charge on any atom is 0.262 e. The molecule has 0 radical (unpaired) electrons. The van der Waals surface area contributed by atoms with Gasteiger partial charge in [0.15, 0.2) is 0 Å². The summed E-state index contributed by atoms with van der Waals surface area (Å²) in [4.78, 5) is 34.0. The molecule has 8 heteroatoms. The number of para-hydroxylation sites is 1. The lowest BCUT2D eigenvalue weighted by atomic mass is 10.2. The molecule has 1 amide bonds. The third-order valence-electron chi connectivity index (χ3n) is 5.85. The fourth-order valence-electron chi connectivity index (χ4n) is 4.15. The minimum atomic E-state index is -0.139. The highest BCUT2D eigenvalue weighted by molar-refractivity contribution is 5.76. The zero-order valence-electron chi connectivity index (χ0n) is 18.8. The number of benzene rings is 1. The first kappa shape index (κ1) is 21.8. The number of carbonyl (C=O) groups excluding carboxylic acids is 1. The fraction of sp³-hybridized carbons (Fsp3) is 0.417. The Labute approximate surface area is 187 Å². The first-order valence-corrected chi connectivity index (χ1v) is 11.1. The maximum absolute atomic E-state index is 12.8. The van der Waals surface area contributed by atoms with E-state index in [-0.39, 0.29) is 23.3 Å². The first-order chi connectivity index (χ1) is 15.4. The summed E-state index contributed by atoms with van der Waals surface area (Å²) in [6, 6.07) is 13.9. The zero-order valence-corrected chi connectivity index (χ0v) is 18.8. The molecular weight excluding hydrogens is 406 g/mol. The van der Waals surface area contributed by atoms with Gasteiger partial charge in [0.2, 0.25) is 17.6 Å². The summed E-state index contributed by atoms with van der Waals surface area (Å²) >= 11 is 0. The number of nitrogens with zero attached hydrogens (tertiary/aromatic N) is 5. The highest BCUT2D eigenvalue weighted by Crippen LogP contribution is 2.18. The molecule has 0 atom stereocenters. The molecule has 0 N–H and O–H groups in total. The van der Waals surface area contributed by atoms with Crippen LogP contribution in [0.3, 0.4) is 0 Å². The predicted octanol–water partition coefficient (Wildman–Crippen LogP) is 3.07. The van der Waals surface area contributed by atoms with Gasteiger partial charge in [0, 0.05) is 56.4 Å². The number of amides is 1. The van der Waals surface area contributed by atoms with Crippen LogP contribution in [-0.4, -0.2) is 51.7 Å². The summed E-state index contributed by atoms with van der Waals surface area (Å²) in [6.07, 6.45) is 0.659. The molecule has 0 saturated carbocycles. The molecule has 1 fully saturated rings. The van der Waals surface area contributed by atoms with Gasteiger partial charge in [-0.25, -0.2) is 0 Å². The van der Waals surface area contributed by atoms with E-state index in [0.717, 1.165) is 18.8 Å². The molecule has 168 valence electrons. The molecule has 32 heavy (non-hydrogen) atoms. The van der Waals surface area contributed by atoms with Crippen LogP contribution in [0.2, 0.25) is 0 Å². The van der Waals surface area contributed by atoms with Gasteiger partial charge in [0.25, 0.3) is 5.56 Å². The number of rotatable bonds is 6. The van der Waals surface area contributed by atoms with Crippen LogP contribution in [0.15, 0.2) is 51.8 Å². The van der Waals surface area contributed by atoms with Crippen molar-refractivity contribution in [1.82, 2.24) is 19.6 Å². The van der Waals surface area contributed by atoms with E-state index in [4.69, 9.17) is 4.52 Å². The van der Waals surface area contributed by atoms with Crippen molar-refractivity contribution in [2.45, 2.75) is 39.7 Å². The first-order valence-electron chi connectivity index (χ1n) is 11.1. The number of aryl methyl sites for hydroxylation is 2. The number of carbonyl (C=O) groups is 1. The Morgan fingerprint density at radius 1 is 1.06 bits per heavy atom. The molecule has 8 nitrogen and oxygen atoms in total. The average Bonchev–Trinajstić information content (AvgIpc) is 3.27. The molecule has 1 aliphatic rings. The standard InChI is InChI=1S/C24H29N5O3/c1-17(2)29-18(3)9-10-20(24(29)31)23-25-21(32-26-23)11-12-22(30)28-15-13-27(14-16-28)19-7-5-4-6-8-19/h4-10,17H,11-16H2,1-3H3. The van der Waals surface area contributed by atoms with E-state index < -0.39 is 0 Å². The largest absolute Gasteiger partial charge is 0.368 e. The number of aromatic nitrogens is 3. The van der Waals surface area contributed by atoms with Gasteiger partial charge >= 0.3 is 0 Å². The zero-order chi connectivity index (χ0) is 22.7. The van der Waals surface area contributed by atoms with Crippen molar-refractivity contribution >= 4 is 11.6 Å². The van der Waals surface area contributed by atoms with Crippen LogP contribution in [0, 0.1) is 6.92 Å². The van der Waals surface area contributed by atoms with Crippen molar-refractivity contribution < 1.29 is 9.32 Å². The number of hydrogen-bond acceptors (Lipinski definition) is 6. The van der Waals surface area contributed by atoms with Gasteiger partial charge in [-0.1, -0.05) is 23.4 Å². The average molecular weight is 436 g/mol. The van der Waals surface area contributed by atoms with E-state index in [9.17, 15) is 9.59 Å². The van der Waals surface area contributed by atoms with Crippen LogP contribution in [0.1, 0.15) is 37.9 Å². The van der Waals surface area contributed by atoms with Gasteiger partial charge in [0.05, 0.1) is 5.56 Å². The summed E-state index contributed by atoms with van der Waals surface area (Å²) in [5, 5.41) is 3.98. The van der Waals surface area contributed by atoms with Crippen molar-refractivity contribution in [2.75, 3.05) is 31.1 Å². The van der Waals surface area contributed by atoms with Gasteiger partial charge in [-0.3, -0.25) is 9.59 Å². The summed E-state index contributed by atoms with van der Waals surface area (Å²) in [5.41, 5.74) is 2.34. The molecular formula is C24H29N5O3. The third-order valence-corrected chi connectivity index (χ3v) is 5.85. The van der Waals surface area contributed by atoms with Crippen molar-refractivity contribution in [3.8, 4) is 11.4 Å². The van der Waals surface area contributed by atoms with E-state index in [2.05, 4.69) is 27.2 Å². The topological polar surface area (TPSA) is 84.5 Å². The third kappa shape index (κ3) is 4.59. The molecule has 0 spiro atoms. The number of pyridine rings is 1. The molecule has 1 aliphatic heterocycles. The summed E-state index contributed by atoms with van der Waals surface area (Å²) in [6.45, 7) is 8.85. The molecule has 1 saturated heterocycles. The van der Waals surface area contributed by atoms with Crippen LogP contribution in [-0.2, 0) is 11.2 Å². The Morgan fingerprint density at radius 2 is 1.78 bits per heavy atom. The highest BCUT2D eigenvalue weighted by Gasteiger charge is 2.22. The summed E-state index contributed by atoms with van der Waals surface area (Å²) in [5.74, 6) is 0.714. The smallest absolute Gasteiger partial charge is 0.262 e. The number of anilines is 1. The van der Waals surface area contributed by atoms with E-state index in [0.29, 0.717) is 37.4 Å². The Balaban J connectivity index is 1.35. The molecule has 3 heterocycles. The molecule has 2 aromatic heterocycles.